The Bertz CT molecular complexity index is 568. The molecular weight excluding hydrogens is 282 g/mol. The van der Waals surface area contributed by atoms with Crippen molar-refractivity contribution in [2.24, 2.45) is 0 Å². The van der Waals surface area contributed by atoms with Crippen LogP contribution in [0.4, 0.5) is 5.69 Å². The molecule has 0 aliphatic heterocycles. The first kappa shape index (κ1) is 16.3. The van der Waals surface area contributed by atoms with E-state index in [0.717, 1.165) is 5.56 Å². The summed E-state index contributed by atoms with van der Waals surface area (Å²) in [7, 11) is -0.783. The SMILES string of the molecule is COC(=O)CCCS(=O)(=O)Nc1cc(C)ccc1OC. The maximum Gasteiger partial charge on any atom is 0.305 e. The lowest BCUT2D eigenvalue weighted by molar-refractivity contribution is -0.140. The quantitative estimate of drug-likeness (QED) is 0.775. The van der Waals surface area contributed by atoms with Gasteiger partial charge in [0.2, 0.25) is 10.0 Å². The van der Waals surface area contributed by atoms with Crippen LogP contribution in [0.15, 0.2) is 18.2 Å². The molecule has 7 heteroatoms. The zero-order valence-corrected chi connectivity index (χ0v) is 12.6. The highest BCUT2D eigenvalue weighted by atomic mass is 32.2. The first-order valence-corrected chi connectivity index (χ1v) is 7.75. The maximum atomic E-state index is 11.9. The largest absolute Gasteiger partial charge is 0.495 e. The third-order valence-electron chi connectivity index (χ3n) is 2.64. The van der Waals surface area contributed by atoms with Gasteiger partial charge in [-0.2, -0.15) is 0 Å². The molecular formula is C13H19NO5S. The number of aryl methyl sites for hydroxylation is 1. The molecule has 0 aromatic heterocycles. The Morgan fingerprint density at radius 2 is 2.00 bits per heavy atom. The van der Waals surface area contributed by atoms with Gasteiger partial charge in [0, 0.05) is 6.42 Å². The highest BCUT2D eigenvalue weighted by Gasteiger charge is 2.14. The number of carbonyl (C=O) groups excluding carboxylic acids is 1. The van der Waals surface area contributed by atoms with Crippen LogP contribution in [0.2, 0.25) is 0 Å². The van der Waals surface area contributed by atoms with Crippen LogP contribution in [0.5, 0.6) is 5.75 Å². The second kappa shape index (κ2) is 7.14. The van der Waals surface area contributed by atoms with Crippen molar-refractivity contribution in [2.75, 3.05) is 24.7 Å². The van der Waals surface area contributed by atoms with Gasteiger partial charge in [0.1, 0.15) is 5.75 Å². The summed E-state index contributed by atoms with van der Waals surface area (Å²) in [6.07, 6.45) is 0.276. The van der Waals surface area contributed by atoms with Crippen molar-refractivity contribution in [2.45, 2.75) is 19.8 Å². The van der Waals surface area contributed by atoms with Gasteiger partial charge in [0.15, 0.2) is 0 Å². The number of anilines is 1. The molecule has 0 aliphatic rings. The minimum atomic E-state index is -3.53. The van der Waals surface area contributed by atoms with Crippen LogP contribution >= 0.6 is 0 Å². The number of nitrogens with one attached hydrogen (secondary N) is 1. The predicted molar refractivity (Wildman–Crippen MR) is 76.4 cm³/mol. The topological polar surface area (TPSA) is 81.7 Å². The molecule has 112 valence electrons. The number of rotatable bonds is 7. The molecule has 0 atom stereocenters. The fraction of sp³-hybridized carbons (Fsp3) is 0.462. The van der Waals surface area contributed by atoms with Gasteiger partial charge in [0.25, 0.3) is 0 Å². The monoisotopic (exact) mass is 301 g/mol. The number of hydrogen-bond donors (Lipinski definition) is 1. The highest BCUT2D eigenvalue weighted by molar-refractivity contribution is 7.92. The molecule has 0 fully saturated rings. The van der Waals surface area contributed by atoms with Crippen LogP contribution < -0.4 is 9.46 Å². The van der Waals surface area contributed by atoms with Gasteiger partial charge in [-0.25, -0.2) is 8.42 Å². The first-order chi connectivity index (χ1) is 9.38. The second-order valence-corrected chi connectivity index (χ2v) is 6.15. The summed E-state index contributed by atoms with van der Waals surface area (Å²) in [4.78, 5) is 10.9. The van der Waals surface area contributed by atoms with E-state index >= 15 is 0 Å². The Morgan fingerprint density at radius 3 is 2.60 bits per heavy atom. The number of hydrogen-bond acceptors (Lipinski definition) is 5. The fourth-order valence-electron chi connectivity index (χ4n) is 1.63. The van der Waals surface area contributed by atoms with E-state index in [-0.39, 0.29) is 18.6 Å². The Balaban J connectivity index is 2.71. The van der Waals surface area contributed by atoms with Crippen LogP contribution in [-0.4, -0.2) is 34.4 Å². The molecule has 6 nitrogen and oxygen atoms in total. The lowest BCUT2D eigenvalue weighted by Crippen LogP contribution is -2.18. The minimum Gasteiger partial charge on any atom is -0.495 e. The molecule has 0 radical (unpaired) electrons. The maximum absolute atomic E-state index is 11.9. The molecule has 20 heavy (non-hydrogen) atoms. The number of ether oxygens (including phenoxy) is 2. The van der Waals surface area contributed by atoms with Crippen molar-refractivity contribution in [3.63, 3.8) is 0 Å². The summed E-state index contributed by atoms with van der Waals surface area (Å²) >= 11 is 0. The smallest absolute Gasteiger partial charge is 0.305 e. The van der Waals surface area contributed by atoms with E-state index < -0.39 is 16.0 Å². The van der Waals surface area contributed by atoms with E-state index in [1.54, 1.807) is 12.1 Å². The van der Waals surface area contributed by atoms with Crippen molar-refractivity contribution >= 4 is 21.7 Å². The Kier molecular flexibility index (Phi) is 5.82. The molecule has 0 saturated heterocycles. The standard InChI is InChI=1S/C13H19NO5S/c1-10-6-7-12(18-2)11(9-10)14-20(16,17)8-4-5-13(15)19-3/h6-7,9,14H,4-5,8H2,1-3H3. The van der Waals surface area contributed by atoms with Crippen LogP contribution in [0, 0.1) is 6.92 Å². The molecule has 1 aromatic carbocycles. The number of carbonyl (C=O) groups is 1. The number of benzene rings is 1. The Morgan fingerprint density at radius 1 is 1.30 bits per heavy atom. The van der Waals surface area contributed by atoms with Crippen LogP contribution in [0.1, 0.15) is 18.4 Å². The third-order valence-corrected chi connectivity index (χ3v) is 4.00. The van der Waals surface area contributed by atoms with Gasteiger partial charge < -0.3 is 9.47 Å². The number of sulfonamides is 1. The zero-order valence-electron chi connectivity index (χ0n) is 11.8. The predicted octanol–water partition coefficient (Wildman–Crippen LogP) is 1.70. The molecule has 0 spiro atoms. The second-order valence-electron chi connectivity index (χ2n) is 4.30. The van der Waals surface area contributed by atoms with Crippen molar-refractivity contribution in [3.05, 3.63) is 23.8 Å². The van der Waals surface area contributed by atoms with Gasteiger partial charge in [-0.1, -0.05) is 6.07 Å². The Labute approximate surface area is 119 Å². The van der Waals surface area contributed by atoms with Gasteiger partial charge in [-0.05, 0) is 31.0 Å². The van der Waals surface area contributed by atoms with E-state index in [2.05, 4.69) is 9.46 Å². The lowest BCUT2D eigenvalue weighted by Gasteiger charge is -2.12. The molecule has 0 saturated carbocycles. The minimum absolute atomic E-state index is 0.0718. The fourth-order valence-corrected chi connectivity index (χ4v) is 2.75. The van der Waals surface area contributed by atoms with Crippen LogP contribution in [-0.2, 0) is 19.6 Å². The molecule has 0 bridgehead atoms. The lowest BCUT2D eigenvalue weighted by atomic mass is 10.2. The molecule has 0 heterocycles. The van der Waals surface area contributed by atoms with Gasteiger partial charge >= 0.3 is 5.97 Å². The van der Waals surface area contributed by atoms with Gasteiger partial charge in [-0.15, -0.1) is 0 Å². The summed E-state index contributed by atoms with van der Waals surface area (Å²) < 4.78 is 35.9. The van der Waals surface area contributed by atoms with Crippen molar-refractivity contribution in [1.82, 2.24) is 0 Å². The van der Waals surface area contributed by atoms with E-state index in [0.29, 0.717) is 11.4 Å². The van der Waals surface area contributed by atoms with Crippen molar-refractivity contribution in [3.8, 4) is 5.75 Å². The van der Waals surface area contributed by atoms with Gasteiger partial charge in [-0.3, -0.25) is 9.52 Å². The van der Waals surface area contributed by atoms with Crippen molar-refractivity contribution in [1.29, 1.82) is 0 Å². The normalized spacial score (nSPS) is 10.9. The molecule has 1 N–H and O–H groups in total. The summed E-state index contributed by atoms with van der Waals surface area (Å²) in [6, 6.07) is 5.21. The molecule has 0 unspecified atom stereocenters. The first-order valence-electron chi connectivity index (χ1n) is 6.10. The molecule has 1 aromatic rings. The summed E-state index contributed by atoms with van der Waals surface area (Å²) in [5, 5.41) is 0. The molecule has 0 amide bonds. The molecule has 1 rings (SSSR count). The zero-order chi connectivity index (χ0) is 15.2. The Hall–Kier alpha value is -1.76. The summed E-state index contributed by atoms with van der Waals surface area (Å²) in [6.45, 7) is 1.86. The van der Waals surface area contributed by atoms with E-state index in [9.17, 15) is 13.2 Å². The van der Waals surface area contributed by atoms with Crippen LogP contribution in [0.3, 0.4) is 0 Å². The summed E-state index contributed by atoms with van der Waals surface area (Å²) in [5.74, 6) is -0.125. The van der Waals surface area contributed by atoms with Crippen LogP contribution in [0.25, 0.3) is 0 Å². The number of methoxy groups -OCH3 is 2. The average Bonchev–Trinajstić information content (AvgIpc) is 2.38. The third kappa shape index (κ3) is 5.08. The average molecular weight is 301 g/mol. The van der Waals surface area contributed by atoms with E-state index in [4.69, 9.17) is 4.74 Å². The van der Waals surface area contributed by atoms with E-state index in [1.807, 2.05) is 13.0 Å². The summed E-state index contributed by atoms with van der Waals surface area (Å²) in [5.41, 5.74) is 1.31. The molecule has 0 aliphatic carbocycles. The highest BCUT2D eigenvalue weighted by Crippen LogP contribution is 2.26. The van der Waals surface area contributed by atoms with Crippen molar-refractivity contribution < 1.29 is 22.7 Å². The number of esters is 1. The van der Waals surface area contributed by atoms with Gasteiger partial charge in [0.05, 0.1) is 25.7 Å². The van der Waals surface area contributed by atoms with E-state index in [1.165, 1.54) is 14.2 Å².